The summed E-state index contributed by atoms with van der Waals surface area (Å²) >= 11 is 3.45. The van der Waals surface area contributed by atoms with E-state index in [0.717, 1.165) is 41.1 Å². The summed E-state index contributed by atoms with van der Waals surface area (Å²) in [6.07, 6.45) is 5.66. The van der Waals surface area contributed by atoms with E-state index in [4.69, 9.17) is 4.74 Å². The molecule has 3 rings (SSSR count). The molecule has 1 heterocycles. The van der Waals surface area contributed by atoms with Gasteiger partial charge in [-0.1, -0.05) is 15.9 Å². The van der Waals surface area contributed by atoms with Crippen LogP contribution in [0.3, 0.4) is 0 Å². The summed E-state index contributed by atoms with van der Waals surface area (Å²) in [5.74, 6) is -0.965. The molecule has 6 heteroatoms. The van der Waals surface area contributed by atoms with Crippen molar-refractivity contribution in [1.82, 2.24) is 4.98 Å². The number of pyridine rings is 1. The minimum Gasteiger partial charge on any atom is -0.478 e. The van der Waals surface area contributed by atoms with Gasteiger partial charge < -0.3 is 15.2 Å². The van der Waals surface area contributed by atoms with E-state index < -0.39 is 5.97 Å². The van der Waals surface area contributed by atoms with Gasteiger partial charge in [-0.15, -0.1) is 0 Å². The Bertz CT molecular complexity index is 727. The third kappa shape index (κ3) is 3.48. The van der Waals surface area contributed by atoms with Crippen LogP contribution in [-0.2, 0) is 4.74 Å². The third-order valence-electron chi connectivity index (χ3n) is 4.42. The highest BCUT2D eigenvalue weighted by molar-refractivity contribution is 9.10. The number of anilines is 1. The lowest BCUT2D eigenvalue weighted by Crippen LogP contribution is -2.30. The van der Waals surface area contributed by atoms with E-state index in [1.54, 1.807) is 7.11 Å². The van der Waals surface area contributed by atoms with Crippen molar-refractivity contribution in [2.45, 2.75) is 37.8 Å². The molecule has 5 nitrogen and oxygen atoms in total. The maximum atomic E-state index is 11.6. The second-order valence-electron chi connectivity index (χ2n) is 5.87. The third-order valence-corrected chi connectivity index (χ3v) is 4.91. The minimum absolute atomic E-state index is 0.212. The van der Waals surface area contributed by atoms with E-state index in [-0.39, 0.29) is 11.6 Å². The van der Waals surface area contributed by atoms with Gasteiger partial charge in [0, 0.05) is 29.2 Å². The van der Waals surface area contributed by atoms with Gasteiger partial charge in [0.25, 0.3) is 0 Å². The van der Waals surface area contributed by atoms with E-state index in [1.807, 2.05) is 18.2 Å². The number of hydrogen-bond acceptors (Lipinski definition) is 4. The number of benzene rings is 1. The number of aromatic nitrogens is 1. The maximum absolute atomic E-state index is 11.6. The molecule has 0 radical (unpaired) electrons. The van der Waals surface area contributed by atoms with Crippen LogP contribution in [0.5, 0.6) is 0 Å². The van der Waals surface area contributed by atoms with Gasteiger partial charge in [-0.05, 0) is 43.9 Å². The van der Waals surface area contributed by atoms with Crippen molar-refractivity contribution in [2.24, 2.45) is 0 Å². The van der Waals surface area contributed by atoms with Crippen LogP contribution in [0, 0.1) is 0 Å². The molecule has 1 aliphatic rings. The number of carboxylic acid groups (broad SMARTS) is 1. The molecule has 1 aromatic carbocycles. The SMILES string of the molecule is COC1CCC(Nc2c(C(=O)O)cnc3ccc(Br)cc23)CC1. The predicted octanol–water partition coefficient (Wildman–Crippen LogP) is 4.07. The fraction of sp³-hybridized carbons (Fsp3) is 0.412. The van der Waals surface area contributed by atoms with Crippen molar-refractivity contribution >= 4 is 38.5 Å². The van der Waals surface area contributed by atoms with Crippen LogP contribution in [0.4, 0.5) is 5.69 Å². The normalized spacial score (nSPS) is 21.3. The van der Waals surface area contributed by atoms with Crippen molar-refractivity contribution in [3.05, 3.63) is 34.4 Å². The number of nitrogens with one attached hydrogen (secondary N) is 1. The number of methoxy groups -OCH3 is 1. The number of nitrogens with zero attached hydrogens (tertiary/aromatic N) is 1. The molecule has 2 N–H and O–H groups in total. The van der Waals surface area contributed by atoms with Gasteiger partial charge in [-0.25, -0.2) is 4.79 Å². The Balaban J connectivity index is 1.95. The van der Waals surface area contributed by atoms with Crippen LogP contribution in [0.15, 0.2) is 28.9 Å². The van der Waals surface area contributed by atoms with Crippen molar-refractivity contribution in [3.63, 3.8) is 0 Å². The number of halogens is 1. The molecule has 0 aliphatic heterocycles. The molecule has 1 fully saturated rings. The van der Waals surface area contributed by atoms with Gasteiger partial charge >= 0.3 is 5.97 Å². The molecule has 122 valence electrons. The highest BCUT2D eigenvalue weighted by atomic mass is 79.9. The molecule has 1 aromatic heterocycles. The van der Waals surface area contributed by atoms with E-state index in [1.165, 1.54) is 6.20 Å². The quantitative estimate of drug-likeness (QED) is 0.838. The second-order valence-corrected chi connectivity index (χ2v) is 6.78. The van der Waals surface area contributed by atoms with E-state index in [0.29, 0.717) is 11.8 Å². The number of carbonyl (C=O) groups is 1. The highest BCUT2D eigenvalue weighted by Gasteiger charge is 2.23. The first kappa shape index (κ1) is 16.2. The first-order valence-electron chi connectivity index (χ1n) is 7.69. The summed E-state index contributed by atoms with van der Waals surface area (Å²) in [6, 6.07) is 5.96. The Morgan fingerprint density at radius 3 is 2.74 bits per heavy atom. The van der Waals surface area contributed by atoms with E-state index >= 15 is 0 Å². The number of aromatic carboxylic acids is 1. The van der Waals surface area contributed by atoms with Crippen LogP contribution in [-0.4, -0.2) is 35.3 Å². The lowest BCUT2D eigenvalue weighted by molar-refractivity contribution is 0.0676. The van der Waals surface area contributed by atoms with Crippen molar-refractivity contribution < 1.29 is 14.6 Å². The van der Waals surface area contributed by atoms with Gasteiger partial charge in [-0.3, -0.25) is 4.98 Å². The fourth-order valence-corrected chi connectivity index (χ4v) is 3.49. The molecule has 1 aliphatic carbocycles. The average Bonchev–Trinajstić information content (AvgIpc) is 2.55. The summed E-state index contributed by atoms with van der Waals surface area (Å²) in [7, 11) is 1.74. The Labute approximate surface area is 143 Å². The van der Waals surface area contributed by atoms with Gasteiger partial charge in [0.05, 0.1) is 17.3 Å². The Kier molecular flexibility index (Phi) is 4.82. The summed E-state index contributed by atoms with van der Waals surface area (Å²) in [5, 5.41) is 13.8. The molecular weight excluding hydrogens is 360 g/mol. The van der Waals surface area contributed by atoms with Gasteiger partial charge in [0.1, 0.15) is 5.56 Å². The van der Waals surface area contributed by atoms with Crippen molar-refractivity contribution in [1.29, 1.82) is 0 Å². The second kappa shape index (κ2) is 6.84. The molecule has 2 aromatic rings. The molecular formula is C17H19BrN2O3. The first-order valence-corrected chi connectivity index (χ1v) is 8.48. The Morgan fingerprint density at radius 1 is 1.35 bits per heavy atom. The van der Waals surface area contributed by atoms with Crippen LogP contribution < -0.4 is 5.32 Å². The molecule has 0 spiro atoms. The van der Waals surface area contributed by atoms with Crippen LogP contribution in [0.2, 0.25) is 0 Å². The van der Waals surface area contributed by atoms with Crippen molar-refractivity contribution in [3.8, 4) is 0 Å². The van der Waals surface area contributed by atoms with Crippen LogP contribution in [0.1, 0.15) is 36.0 Å². The predicted molar refractivity (Wildman–Crippen MR) is 93.1 cm³/mol. The lowest BCUT2D eigenvalue weighted by Gasteiger charge is -2.29. The Morgan fingerprint density at radius 2 is 2.09 bits per heavy atom. The standard InChI is InChI=1S/C17H19BrN2O3/c1-23-12-5-3-11(4-6-12)20-16-13-8-10(18)2-7-15(13)19-9-14(16)17(21)22/h2,7-9,11-12H,3-6H2,1H3,(H,19,20)(H,21,22). The summed E-state index contributed by atoms with van der Waals surface area (Å²) in [6.45, 7) is 0. The molecule has 0 unspecified atom stereocenters. The van der Waals surface area contributed by atoms with E-state index in [2.05, 4.69) is 26.2 Å². The van der Waals surface area contributed by atoms with Gasteiger partial charge in [-0.2, -0.15) is 0 Å². The fourth-order valence-electron chi connectivity index (χ4n) is 3.13. The first-order chi connectivity index (χ1) is 11.1. The largest absolute Gasteiger partial charge is 0.478 e. The zero-order valence-corrected chi connectivity index (χ0v) is 14.5. The highest BCUT2D eigenvalue weighted by Crippen LogP contribution is 2.32. The molecule has 0 atom stereocenters. The molecule has 0 amide bonds. The molecule has 0 bridgehead atoms. The average molecular weight is 379 g/mol. The molecule has 1 saturated carbocycles. The lowest BCUT2D eigenvalue weighted by atomic mass is 9.92. The number of ether oxygens (including phenoxy) is 1. The van der Waals surface area contributed by atoms with Crippen molar-refractivity contribution in [2.75, 3.05) is 12.4 Å². The molecule has 23 heavy (non-hydrogen) atoms. The summed E-state index contributed by atoms with van der Waals surface area (Å²) in [4.78, 5) is 15.8. The summed E-state index contributed by atoms with van der Waals surface area (Å²) < 4.78 is 6.30. The van der Waals surface area contributed by atoms with Crippen LogP contribution >= 0.6 is 15.9 Å². The van der Waals surface area contributed by atoms with E-state index in [9.17, 15) is 9.90 Å². The monoisotopic (exact) mass is 378 g/mol. The smallest absolute Gasteiger partial charge is 0.339 e. The summed E-state index contributed by atoms with van der Waals surface area (Å²) in [5.41, 5.74) is 1.65. The van der Waals surface area contributed by atoms with Crippen LogP contribution in [0.25, 0.3) is 10.9 Å². The number of rotatable bonds is 4. The number of fused-ring (bicyclic) bond motifs is 1. The van der Waals surface area contributed by atoms with Gasteiger partial charge in [0.15, 0.2) is 0 Å². The number of hydrogen-bond donors (Lipinski definition) is 2. The maximum Gasteiger partial charge on any atom is 0.339 e. The zero-order valence-electron chi connectivity index (χ0n) is 12.9. The van der Waals surface area contributed by atoms with Gasteiger partial charge in [0.2, 0.25) is 0 Å². The minimum atomic E-state index is -0.965. The molecule has 0 saturated heterocycles. The number of carboxylic acids is 1. The zero-order chi connectivity index (χ0) is 16.4. The topological polar surface area (TPSA) is 71.5 Å². The Hall–Kier alpha value is -1.66.